The molecule has 1 aromatic carbocycles. The van der Waals surface area contributed by atoms with Gasteiger partial charge in [0.1, 0.15) is 17.2 Å². The number of aromatic nitrogens is 1. The summed E-state index contributed by atoms with van der Waals surface area (Å²) in [5.74, 6) is -2.95. The Labute approximate surface area is 251 Å². The van der Waals surface area contributed by atoms with Crippen LogP contribution in [0.15, 0.2) is 34.8 Å². The number of aliphatic carboxylic acids is 1. The van der Waals surface area contributed by atoms with Crippen molar-refractivity contribution in [3.8, 4) is 6.08 Å². The maximum Gasteiger partial charge on any atom is 0.394 e. The number of hydrogen-bond acceptors (Lipinski definition) is 8. The molecule has 3 aliphatic rings. The fraction of sp³-hybridized carbons (Fsp3) is 0.606. The summed E-state index contributed by atoms with van der Waals surface area (Å²) in [6.07, 6.45) is 7.49. The lowest BCUT2D eigenvalue weighted by Crippen LogP contribution is -2.45. The molecule has 43 heavy (non-hydrogen) atoms. The minimum Gasteiger partial charge on any atom is -0.481 e. The zero-order valence-corrected chi connectivity index (χ0v) is 25.5. The van der Waals surface area contributed by atoms with E-state index in [1.54, 1.807) is 20.8 Å². The van der Waals surface area contributed by atoms with E-state index in [0.717, 1.165) is 31.2 Å². The van der Waals surface area contributed by atoms with E-state index in [2.05, 4.69) is 4.98 Å². The van der Waals surface area contributed by atoms with Crippen molar-refractivity contribution in [3.05, 3.63) is 35.9 Å². The number of nitrogens with zero attached hydrogens (tertiary/aromatic N) is 2. The summed E-state index contributed by atoms with van der Waals surface area (Å²) in [6.45, 7) is 7.40. The molecule has 1 N–H and O–H groups in total. The van der Waals surface area contributed by atoms with E-state index in [-0.39, 0.29) is 49.5 Å². The number of carboxylic acid groups (broad SMARTS) is 1. The molecule has 0 radical (unpaired) electrons. The second-order valence-electron chi connectivity index (χ2n) is 13.4. The monoisotopic (exact) mass is 594 g/mol. The molecule has 3 heterocycles. The Bertz CT molecular complexity index is 1420. The summed E-state index contributed by atoms with van der Waals surface area (Å²) in [6, 6.07) is 4.72. The molecule has 232 valence electrons. The third-order valence-electron chi connectivity index (χ3n) is 8.73. The number of Topliss-reactive ketones (excluding diaryl/α,β-unsaturated/α-hetero) is 1. The van der Waals surface area contributed by atoms with Crippen LogP contribution < -0.4 is 4.74 Å². The molecule has 2 fully saturated rings. The fourth-order valence-corrected chi connectivity index (χ4v) is 6.40. The largest absolute Gasteiger partial charge is 0.481 e. The predicted molar refractivity (Wildman–Crippen MR) is 157 cm³/mol. The second-order valence-corrected chi connectivity index (χ2v) is 13.4. The molecule has 1 saturated carbocycles. The number of amides is 1. The molecule has 2 aliphatic heterocycles. The lowest BCUT2D eigenvalue weighted by Gasteiger charge is -2.29. The number of benzene rings is 1. The van der Waals surface area contributed by atoms with E-state index < -0.39 is 41.0 Å². The summed E-state index contributed by atoms with van der Waals surface area (Å²) < 4.78 is 17.4. The summed E-state index contributed by atoms with van der Waals surface area (Å²) in [5.41, 5.74) is 0.376. The number of allylic oxidation sites excluding steroid dienone is 2. The summed E-state index contributed by atoms with van der Waals surface area (Å²) in [4.78, 5) is 59.1. The highest BCUT2D eigenvalue weighted by Crippen LogP contribution is 2.57. The topological polar surface area (TPSA) is 136 Å². The number of carbonyl (C=O) groups is 4. The van der Waals surface area contributed by atoms with Crippen molar-refractivity contribution >= 4 is 34.7 Å². The lowest BCUT2D eigenvalue weighted by molar-refractivity contribution is -0.159. The Balaban J connectivity index is 1.42. The third kappa shape index (κ3) is 7.11. The smallest absolute Gasteiger partial charge is 0.394 e. The van der Waals surface area contributed by atoms with Crippen molar-refractivity contribution in [2.75, 3.05) is 6.54 Å². The summed E-state index contributed by atoms with van der Waals surface area (Å²) in [5, 5.41) is 10.1. The Hall–Kier alpha value is -3.69. The number of hydrogen-bond donors (Lipinski definition) is 1. The Morgan fingerprint density at radius 3 is 2.72 bits per heavy atom. The zero-order valence-electron chi connectivity index (χ0n) is 25.5. The van der Waals surface area contributed by atoms with Crippen molar-refractivity contribution in [2.24, 2.45) is 17.3 Å². The SMILES string of the molecule is Cc1ccc2oc(O[C@@H]3C[C@H]4C(=O)C[C@]5(C(=O)O)C[C@H]5/C=C\CCCCC[C@H](CC(=O)OC(C)(C)C)C(=O)N4C3)nc2c1. The van der Waals surface area contributed by atoms with E-state index in [4.69, 9.17) is 13.9 Å². The van der Waals surface area contributed by atoms with Crippen molar-refractivity contribution < 1.29 is 38.2 Å². The van der Waals surface area contributed by atoms with Crippen LogP contribution in [-0.4, -0.2) is 62.9 Å². The average Bonchev–Trinajstić information content (AvgIpc) is 3.23. The van der Waals surface area contributed by atoms with E-state index in [1.165, 1.54) is 4.90 Å². The number of rotatable bonds is 5. The standard InChI is InChI=1S/C33H42N2O8/c1-20-12-13-27-24(14-20)34-31(42-27)41-23-16-25-26(36)18-33(30(39)40)17-22(33)11-9-7-5-6-8-10-21(29(38)35(25)19-23)15-28(37)43-32(2,3)4/h9,11-14,21-23,25H,5-8,10,15-19H2,1-4H3,(H,39,40)/b11-9-/t21-,22-,23-,25+,33-/m1/s1. The van der Waals surface area contributed by atoms with Gasteiger partial charge in [-0.3, -0.25) is 19.2 Å². The number of fused-ring (bicyclic) bond motifs is 3. The molecular weight excluding hydrogens is 552 g/mol. The number of carbonyl (C=O) groups excluding carboxylic acids is 3. The van der Waals surface area contributed by atoms with Crippen LogP contribution in [0.3, 0.4) is 0 Å². The van der Waals surface area contributed by atoms with Crippen LogP contribution in [0.25, 0.3) is 11.1 Å². The quantitative estimate of drug-likeness (QED) is 0.356. The minimum atomic E-state index is -1.16. The number of aryl methyl sites for hydroxylation is 1. The summed E-state index contributed by atoms with van der Waals surface area (Å²) >= 11 is 0. The van der Waals surface area contributed by atoms with Gasteiger partial charge in [-0.1, -0.05) is 31.1 Å². The highest BCUT2D eigenvalue weighted by molar-refractivity contribution is 5.95. The van der Waals surface area contributed by atoms with Gasteiger partial charge in [0.2, 0.25) is 5.91 Å². The van der Waals surface area contributed by atoms with E-state index in [0.29, 0.717) is 23.9 Å². The minimum absolute atomic E-state index is 0.0490. The van der Waals surface area contributed by atoms with Crippen molar-refractivity contribution in [2.45, 2.75) is 103 Å². The van der Waals surface area contributed by atoms with E-state index in [1.807, 2.05) is 37.3 Å². The fourth-order valence-electron chi connectivity index (χ4n) is 6.40. The normalized spacial score (nSPS) is 29.3. The van der Waals surface area contributed by atoms with Gasteiger partial charge < -0.3 is 23.9 Å². The van der Waals surface area contributed by atoms with Gasteiger partial charge in [0, 0.05) is 18.8 Å². The van der Waals surface area contributed by atoms with Crippen molar-refractivity contribution in [1.82, 2.24) is 9.88 Å². The second kappa shape index (κ2) is 12.1. The molecule has 1 amide bonds. The van der Waals surface area contributed by atoms with Gasteiger partial charge >= 0.3 is 18.0 Å². The van der Waals surface area contributed by atoms with Crippen molar-refractivity contribution in [3.63, 3.8) is 0 Å². The van der Waals surface area contributed by atoms with Gasteiger partial charge in [-0.2, -0.15) is 4.98 Å². The molecule has 1 aliphatic carbocycles. The van der Waals surface area contributed by atoms with Gasteiger partial charge in [-0.15, -0.1) is 0 Å². The first kappa shape index (κ1) is 30.8. The maximum absolute atomic E-state index is 14.1. The molecule has 1 aromatic heterocycles. The van der Waals surface area contributed by atoms with E-state index in [9.17, 15) is 24.3 Å². The first-order chi connectivity index (χ1) is 20.3. The van der Waals surface area contributed by atoms with Gasteiger partial charge in [0.15, 0.2) is 11.4 Å². The number of ether oxygens (including phenoxy) is 2. The van der Waals surface area contributed by atoms with Gasteiger partial charge in [-0.25, -0.2) is 0 Å². The molecular formula is C33H42N2O8. The number of oxazole rings is 1. The molecule has 0 bridgehead atoms. The molecule has 5 atom stereocenters. The number of ketones is 1. The number of esters is 1. The highest BCUT2D eigenvalue weighted by atomic mass is 16.6. The average molecular weight is 595 g/mol. The Morgan fingerprint density at radius 2 is 1.98 bits per heavy atom. The molecule has 10 heteroatoms. The third-order valence-corrected chi connectivity index (χ3v) is 8.73. The zero-order chi connectivity index (χ0) is 30.9. The molecule has 10 nitrogen and oxygen atoms in total. The molecule has 1 saturated heterocycles. The highest BCUT2D eigenvalue weighted by Gasteiger charge is 2.61. The summed E-state index contributed by atoms with van der Waals surface area (Å²) in [7, 11) is 0. The Morgan fingerprint density at radius 1 is 1.19 bits per heavy atom. The molecule has 2 aromatic rings. The van der Waals surface area contributed by atoms with Crippen LogP contribution in [0, 0.1) is 24.2 Å². The van der Waals surface area contributed by atoms with Crippen LogP contribution in [0.4, 0.5) is 0 Å². The van der Waals surface area contributed by atoms with E-state index >= 15 is 0 Å². The van der Waals surface area contributed by atoms with Gasteiger partial charge in [0.05, 0.1) is 24.4 Å². The lowest BCUT2D eigenvalue weighted by atomic mass is 9.91. The molecule has 0 unspecified atom stereocenters. The van der Waals surface area contributed by atoms with Crippen LogP contribution in [0.5, 0.6) is 6.08 Å². The van der Waals surface area contributed by atoms with Crippen LogP contribution in [-0.2, 0) is 23.9 Å². The van der Waals surface area contributed by atoms with Crippen LogP contribution >= 0.6 is 0 Å². The predicted octanol–water partition coefficient (Wildman–Crippen LogP) is 5.40. The first-order valence-corrected chi connectivity index (χ1v) is 15.3. The number of carboxylic acids is 1. The van der Waals surface area contributed by atoms with Crippen molar-refractivity contribution in [1.29, 1.82) is 0 Å². The Kier molecular flexibility index (Phi) is 8.68. The maximum atomic E-state index is 14.1. The molecule has 5 rings (SSSR count). The van der Waals surface area contributed by atoms with Crippen LogP contribution in [0.1, 0.15) is 84.1 Å². The van der Waals surface area contributed by atoms with Gasteiger partial charge in [0.25, 0.3) is 0 Å². The molecule has 0 spiro atoms. The first-order valence-electron chi connectivity index (χ1n) is 15.3. The van der Waals surface area contributed by atoms with Crippen LogP contribution in [0.2, 0.25) is 0 Å². The van der Waals surface area contributed by atoms with Gasteiger partial charge in [-0.05, 0) is 77.0 Å².